The number of hydrogen-bond donors (Lipinski definition) is 1. The highest BCUT2D eigenvalue weighted by Crippen LogP contribution is 2.24. The summed E-state index contributed by atoms with van der Waals surface area (Å²) in [4.78, 5) is 25.0. The number of ether oxygens (including phenoxy) is 3. The van der Waals surface area contributed by atoms with E-state index in [0.29, 0.717) is 35.8 Å². The maximum atomic E-state index is 12.9. The molecule has 0 saturated carbocycles. The van der Waals surface area contributed by atoms with Gasteiger partial charge in [0.15, 0.2) is 0 Å². The van der Waals surface area contributed by atoms with E-state index in [9.17, 15) is 9.59 Å². The van der Waals surface area contributed by atoms with Crippen LogP contribution in [0.15, 0.2) is 60.7 Å². The quantitative estimate of drug-likeness (QED) is 0.253. The maximum Gasteiger partial charge on any atom is 0.338 e. The third kappa shape index (κ3) is 7.34. The van der Waals surface area contributed by atoms with E-state index in [-0.39, 0.29) is 18.5 Å². The lowest BCUT2D eigenvalue weighted by molar-refractivity contribution is 0.0499. The number of carbonyl (C=O) groups excluding carboxylic acids is 2. The van der Waals surface area contributed by atoms with Crippen molar-refractivity contribution in [1.82, 2.24) is 0 Å². The minimum atomic E-state index is -0.365. The molecule has 0 atom stereocenters. The van der Waals surface area contributed by atoms with Crippen LogP contribution in [0.1, 0.15) is 64.1 Å². The summed E-state index contributed by atoms with van der Waals surface area (Å²) >= 11 is 0. The van der Waals surface area contributed by atoms with E-state index in [1.807, 2.05) is 39.0 Å². The van der Waals surface area contributed by atoms with Gasteiger partial charge in [-0.25, -0.2) is 4.79 Å². The molecule has 0 spiro atoms. The summed E-state index contributed by atoms with van der Waals surface area (Å²) in [6.07, 6.45) is 1.79. The van der Waals surface area contributed by atoms with Crippen molar-refractivity contribution >= 4 is 17.6 Å². The summed E-state index contributed by atoms with van der Waals surface area (Å²) in [6.45, 7) is 9.24. The number of rotatable bonds is 11. The van der Waals surface area contributed by atoms with Crippen LogP contribution >= 0.6 is 0 Å². The summed E-state index contributed by atoms with van der Waals surface area (Å²) in [7, 11) is 0. The molecular formula is C29H33NO5. The number of hydrogen-bond acceptors (Lipinski definition) is 5. The van der Waals surface area contributed by atoms with Crippen LogP contribution in [-0.2, 0) is 11.3 Å². The fourth-order valence-electron chi connectivity index (χ4n) is 3.38. The molecule has 0 heterocycles. The first-order valence-electron chi connectivity index (χ1n) is 12.0. The molecule has 0 unspecified atom stereocenters. The monoisotopic (exact) mass is 475 g/mol. The Hall–Kier alpha value is -3.80. The predicted molar refractivity (Wildman–Crippen MR) is 137 cm³/mol. The van der Waals surface area contributed by atoms with E-state index < -0.39 is 0 Å². The van der Waals surface area contributed by atoms with Crippen LogP contribution in [0, 0.1) is 13.8 Å². The molecule has 3 aromatic carbocycles. The van der Waals surface area contributed by atoms with Crippen molar-refractivity contribution in [3.05, 3.63) is 88.5 Å². The number of carbonyl (C=O) groups is 2. The van der Waals surface area contributed by atoms with Crippen LogP contribution < -0.4 is 14.8 Å². The molecule has 3 aromatic rings. The predicted octanol–water partition coefficient (Wildman–Crippen LogP) is 6.49. The first-order valence-corrected chi connectivity index (χ1v) is 12.0. The van der Waals surface area contributed by atoms with E-state index in [4.69, 9.17) is 14.2 Å². The van der Waals surface area contributed by atoms with Crippen LogP contribution in [0.4, 0.5) is 5.69 Å². The summed E-state index contributed by atoms with van der Waals surface area (Å²) < 4.78 is 16.9. The van der Waals surface area contributed by atoms with Gasteiger partial charge in [-0.1, -0.05) is 19.4 Å². The number of benzene rings is 3. The SMILES string of the molecule is CCCCOC(=O)c1ccc(NC(=O)c2ccc(OCC)c(COc3ccc(C)c(C)c3)c2)cc1. The largest absolute Gasteiger partial charge is 0.493 e. The summed E-state index contributed by atoms with van der Waals surface area (Å²) in [6, 6.07) is 17.9. The third-order valence-electron chi connectivity index (χ3n) is 5.60. The fourth-order valence-corrected chi connectivity index (χ4v) is 3.38. The van der Waals surface area contributed by atoms with Crippen LogP contribution in [0.25, 0.3) is 0 Å². The summed E-state index contributed by atoms with van der Waals surface area (Å²) in [5.41, 5.74) is 4.65. The van der Waals surface area contributed by atoms with Gasteiger partial charge in [-0.15, -0.1) is 0 Å². The van der Waals surface area contributed by atoms with Crippen molar-refractivity contribution in [1.29, 1.82) is 0 Å². The second-order valence-electron chi connectivity index (χ2n) is 8.31. The number of esters is 1. The standard InChI is InChI=1S/C29H33NO5/c1-5-7-16-34-29(32)22-9-12-25(13-10-22)30-28(31)23-11-15-27(33-6-2)24(18-23)19-35-26-14-8-20(3)21(4)17-26/h8-15,17-18H,5-7,16,19H2,1-4H3,(H,30,31). The van der Waals surface area contributed by atoms with Crippen LogP contribution in [-0.4, -0.2) is 25.1 Å². The molecule has 0 aliphatic heterocycles. The van der Waals surface area contributed by atoms with E-state index in [0.717, 1.165) is 29.7 Å². The Labute approximate surface area is 207 Å². The highest BCUT2D eigenvalue weighted by Gasteiger charge is 2.13. The molecule has 1 N–H and O–H groups in total. The Morgan fingerprint density at radius 2 is 1.57 bits per heavy atom. The third-order valence-corrected chi connectivity index (χ3v) is 5.60. The Morgan fingerprint density at radius 3 is 2.26 bits per heavy atom. The Morgan fingerprint density at radius 1 is 0.829 bits per heavy atom. The first-order chi connectivity index (χ1) is 16.9. The second kappa shape index (κ2) is 12.6. The molecule has 6 nitrogen and oxygen atoms in total. The van der Waals surface area contributed by atoms with Gasteiger partial charge in [0.2, 0.25) is 0 Å². The molecule has 0 aliphatic carbocycles. The van der Waals surface area contributed by atoms with Crippen molar-refractivity contribution in [2.75, 3.05) is 18.5 Å². The highest BCUT2D eigenvalue weighted by atomic mass is 16.5. The Kier molecular flexibility index (Phi) is 9.30. The first kappa shape index (κ1) is 25.8. The van der Waals surface area contributed by atoms with E-state index in [2.05, 4.69) is 12.2 Å². The van der Waals surface area contributed by atoms with Gasteiger partial charge in [0.25, 0.3) is 5.91 Å². The molecule has 6 heteroatoms. The lowest BCUT2D eigenvalue weighted by atomic mass is 10.1. The van der Waals surface area contributed by atoms with Gasteiger partial charge in [-0.05, 0) is 92.9 Å². The van der Waals surface area contributed by atoms with E-state index in [1.54, 1.807) is 42.5 Å². The Balaban J connectivity index is 1.68. The molecular weight excluding hydrogens is 442 g/mol. The smallest absolute Gasteiger partial charge is 0.338 e. The number of unbranched alkanes of at least 4 members (excludes halogenated alkanes) is 1. The Bertz CT molecular complexity index is 1150. The molecule has 0 fully saturated rings. The normalized spacial score (nSPS) is 10.5. The summed E-state index contributed by atoms with van der Waals surface area (Å²) in [5, 5.41) is 2.87. The molecule has 0 saturated heterocycles. The van der Waals surface area contributed by atoms with Crippen molar-refractivity contribution in [3.63, 3.8) is 0 Å². The minimum absolute atomic E-state index is 0.265. The van der Waals surface area contributed by atoms with Crippen molar-refractivity contribution in [2.24, 2.45) is 0 Å². The molecule has 35 heavy (non-hydrogen) atoms. The lowest BCUT2D eigenvalue weighted by Crippen LogP contribution is -2.13. The average Bonchev–Trinajstić information content (AvgIpc) is 2.86. The molecule has 0 aliphatic rings. The van der Waals surface area contributed by atoms with Gasteiger partial charge in [-0.2, -0.15) is 0 Å². The number of amides is 1. The van der Waals surface area contributed by atoms with Gasteiger partial charge >= 0.3 is 5.97 Å². The van der Waals surface area contributed by atoms with Crippen LogP contribution in [0.2, 0.25) is 0 Å². The van der Waals surface area contributed by atoms with E-state index >= 15 is 0 Å². The van der Waals surface area contributed by atoms with Crippen molar-refractivity contribution in [3.8, 4) is 11.5 Å². The van der Waals surface area contributed by atoms with Crippen molar-refractivity contribution in [2.45, 2.75) is 47.1 Å². The fraction of sp³-hybridized carbons (Fsp3) is 0.310. The number of anilines is 1. The molecule has 184 valence electrons. The topological polar surface area (TPSA) is 73.9 Å². The zero-order chi connectivity index (χ0) is 25.2. The van der Waals surface area contributed by atoms with Gasteiger partial charge in [0.05, 0.1) is 18.8 Å². The average molecular weight is 476 g/mol. The molecule has 0 bridgehead atoms. The molecule has 0 aromatic heterocycles. The zero-order valence-corrected chi connectivity index (χ0v) is 20.9. The maximum absolute atomic E-state index is 12.9. The molecule has 3 rings (SSSR count). The summed E-state index contributed by atoms with van der Waals surface area (Å²) in [5.74, 6) is 0.813. The van der Waals surface area contributed by atoms with Crippen LogP contribution in [0.3, 0.4) is 0 Å². The molecule has 1 amide bonds. The zero-order valence-electron chi connectivity index (χ0n) is 20.9. The minimum Gasteiger partial charge on any atom is -0.493 e. The number of aryl methyl sites for hydroxylation is 2. The highest BCUT2D eigenvalue weighted by molar-refractivity contribution is 6.04. The van der Waals surface area contributed by atoms with Gasteiger partial charge < -0.3 is 19.5 Å². The lowest BCUT2D eigenvalue weighted by Gasteiger charge is -2.14. The van der Waals surface area contributed by atoms with Crippen LogP contribution in [0.5, 0.6) is 11.5 Å². The van der Waals surface area contributed by atoms with Gasteiger partial charge in [0, 0.05) is 16.8 Å². The van der Waals surface area contributed by atoms with Gasteiger partial charge in [0.1, 0.15) is 18.1 Å². The molecule has 0 radical (unpaired) electrons. The second-order valence-corrected chi connectivity index (χ2v) is 8.31. The van der Waals surface area contributed by atoms with Gasteiger partial charge in [-0.3, -0.25) is 4.79 Å². The van der Waals surface area contributed by atoms with E-state index in [1.165, 1.54) is 5.56 Å². The number of nitrogens with one attached hydrogen (secondary N) is 1. The van der Waals surface area contributed by atoms with Crippen molar-refractivity contribution < 1.29 is 23.8 Å².